The van der Waals surface area contributed by atoms with Crippen LogP contribution in [0.3, 0.4) is 0 Å². The van der Waals surface area contributed by atoms with Gasteiger partial charge in [0.2, 0.25) is 0 Å². The fourth-order valence-electron chi connectivity index (χ4n) is 2.12. The fourth-order valence-corrected chi connectivity index (χ4v) is 2.12. The normalized spacial score (nSPS) is 30.1. The third kappa shape index (κ3) is 3.28. The van der Waals surface area contributed by atoms with E-state index < -0.39 is 42.2 Å². The van der Waals surface area contributed by atoms with Crippen molar-refractivity contribution in [1.82, 2.24) is 0 Å². The summed E-state index contributed by atoms with van der Waals surface area (Å²) in [5.74, 6) is 0. The Morgan fingerprint density at radius 1 is 1.38 bits per heavy atom. The quantitative estimate of drug-likeness (QED) is 0.337. The molecule has 0 bridgehead atoms. The van der Waals surface area contributed by atoms with Crippen LogP contribution >= 0.6 is 0 Å². The van der Waals surface area contributed by atoms with Gasteiger partial charge in [-0.15, -0.1) is 0 Å². The van der Waals surface area contributed by atoms with Crippen molar-refractivity contribution in [3.05, 3.63) is 34.4 Å². The molecule has 1 aliphatic rings. The molecule has 1 saturated heterocycles. The average molecular weight is 300 g/mol. The first-order valence-electron chi connectivity index (χ1n) is 6.25. The minimum Gasteiger partial charge on any atom is -0.394 e. The molecule has 0 radical (unpaired) electrons. The van der Waals surface area contributed by atoms with Crippen LogP contribution in [-0.2, 0) is 4.74 Å². The molecule has 0 amide bonds. The van der Waals surface area contributed by atoms with E-state index in [0.29, 0.717) is 5.69 Å². The van der Waals surface area contributed by atoms with Gasteiger partial charge >= 0.3 is 0 Å². The zero-order valence-electron chi connectivity index (χ0n) is 10.9. The van der Waals surface area contributed by atoms with Crippen LogP contribution in [0.4, 0.5) is 11.4 Å². The van der Waals surface area contributed by atoms with Gasteiger partial charge in [0.25, 0.3) is 5.69 Å². The highest BCUT2D eigenvalue weighted by Gasteiger charge is 2.45. The molecule has 1 aliphatic heterocycles. The molecule has 9 nitrogen and oxygen atoms in total. The molecule has 116 valence electrons. The van der Waals surface area contributed by atoms with E-state index in [0.717, 1.165) is 0 Å². The van der Waals surface area contributed by atoms with Gasteiger partial charge in [0.15, 0.2) is 6.23 Å². The van der Waals surface area contributed by atoms with Crippen LogP contribution in [0.1, 0.15) is 0 Å². The molecular formula is C12H16N2O7. The molecule has 9 heteroatoms. The largest absolute Gasteiger partial charge is 0.394 e. The first kappa shape index (κ1) is 15.6. The SMILES string of the molecule is O=[N+]([O-])c1cccc(NC2OC(C(O)CO)C(O)C2O)c1. The lowest BCUT2D eigenvalue weighted by molar-refractivity contribution is -0.384. The van der Waals surface area contributed by atoms with E-state index in [4.69, 9.17) is 9.84 Å². The van der Waals surface area contributed by atoms with Crippen molar-refractivity contribution in [1.29, 1.82) is 0 Å². The highest BCUT2D eigenvalue weighted by atomic mass is 16.6. The zero-order valence-corrected chi connectivity index (χ0v) is 10.9. The molecule has 0 aliphatic carbocycles. The van der Waals surface area contributed by atoms with Crippen molar-refractivity contribution < 1.29 is 30.1 Å². The molecule has 1 fully saturated rings. The topological polar surface area (TPSA) is 145 Å². The smallest absolute Gasteiger partial charge is 0.271 e. The first-order valence-corrected chi connectivity index (χ1v) is 6.25. The van der Waals surface area contributed by atoms with Gasteiger partial charge in [0, 0.05) is 17.8 Å². The lowest BCUT2D eigenvalue weighted by Gasteiger charge is -2.19. The molecule has 0 spiro atoms. The predicted octanol–water partition coefficient (Wildman–Crippen LogP) is -1.19. The molecule has 1 aromatic carbocycles. The number of hydrogen-bond donors (Lipinski definition) is 5. The molecule has 1 aromatic rings. The number of nitro groups is 1. The number of nitrogens with one attached hydrogen (secondary N) is 1. The van der Waals surface area contributed by atoms with Gasteiger partial charge in [0.1, 0.15) is 24.4 Å². The second-order valence-electron chi connectivity index (χ2n) is 4.70. The maximum atomic E-state index is 10.7. The van der Waals surface area contributed by atoms with Crippen LogP contribution in [-0.4, -0.2) is 62.6 Å². The first-order chi connectivity index (χ1) is 9.93. The van der Waals surface area contributed by atoms with E-state index in [1.807, 2.05) is 0 Å². The number of aliphatic hydroxyl groups is 4. The number of anilines is 1. The van der Waals surface area contributed by atoms with Gasteiger partial charge in [-0.1, -0.05) is 6.07 Å². The van der Waals surface area contributed by atoms with E-state index in [1.54, 1.807) is 0 Å². The molecule has 5 unspecified atom stereocenters. The van der Waals surface area contributed by atoms with E-state index in [1.165, 1.54) is 24.3 Å². The number of nitrogens with zero attached hydrogens (tertiary/aromatic N) is 1. The summed E-state index contributed by atoms with van der Waals surface area (Å²) in [5.41, 5.74) is 0.180. The van der Waals surface area contributed by atoms with Crippen molar-refractivity contribution in [3.8, 4) is 0 Å². The van der Waals surface area contributed by atoms with Crippen LogP contribution in [0.5, 0.6) is 0 Å². The number of aliphatic hydroxyl groups excluding tert-OH is 4. The maximum Gasteiger partial charge on any atom is 0.271 e. The minimum absolute atomic E-state index is 0.139. The van der Waals surface area contributed by atoms with E-state index in [2.05, 4.69) is 5.32 Å². The summed E-state index contributed by atoms with van der Waals surface area (Å²) in [6, 6.07) is 5.55. The van der Waals surface area contributed by atoms with Crippen LogP contribution in [0.25, 0.3) is 0 Å². The third-order valence-electron chi connectivity index (χ3n) is 3.23. The van der Waals surface area contributed by atoms with Gasteiger partial charge in [-0.25, -0.2) is 0 Å². The Morgan fingerprint density at radius 2 is 2.10 bits per heavy atom. The van der Waals surface area contributed by atoms with E-state index in [-0.39, 0.29) is 5.69 Å². The number of benzene rings is 1. The van der Waals surface area contributed by atoms with Gasteiger partial charge in [-0.2, -0.15) is 0 Å². The molecule has 5 N–H and O–H groups in total. The van der Waals surface area contributed by atoms with Crippen LogP contribution in [0.15, 0.2) is 24.3 Å². The molecule has 1 heterocycles. The Labute approximate surface area is 119 Å². The fraction of sp³-hybridized carbons (Fsp3) is 0.500. The summed E-state index contributed by atoms with van der Waals surface area (Å²) in [7, 11) is 0. The molecule has 0 aromatic heterocycles. The Morgan fingerprint density at radius 3 is 2.71 bits per heavy atom. The van der Waals surface area contributed by atoms with Crippen molar-refractivity contribution in [3.63, 3.8) is 0 Å². The molecule has 2 rings (SSSR count). The second-order valence-corrected chi connectivity index (χ2v) is 4.70. The zero-order chi connectivity index (χ0) is 15.6. The maximum absolute atomic E-state index is 10.7. The Hall–Kier alpha value is -1.78. The molecular weight excluding hydrogens is 284 g/mol. The van der Waals surface area contributed by atoms with E-state index >= 15 is 0 Å². The van der Waals surface area contributed by atoms with Crippen LogP contribution < -0.4 is 5.32 Å². The Balaban J connectivity index is 2.09. The summed E-state index contributed by atoms with van der Waals surface area (Å²) >= 11 is 0. The number of hydrogen-bond acceptors (Lipinski definition) is 8. The monoisotopic (exact) mass is 300 g/mol. The highest BCUT2D eigenvalue weighted by molar-refractivity contribution is 5.51. The van der Waals surface area contributed by atoms with Crippen LogP contribution in [0.2, 0.25) is 0 Å². The number of ether oxygens (including phenoxy) is 1. The van der Waals surface area contributed by atoms with Crippen molar-refractivity contribution in [2.45, 2.75) is 30.6 Å². The lowest BCUT2D eigenvalue weighted by Crippen LogP contribution is -2.40. The minimum atomic E-state index is -1.39. The summed E-state index contributed by atoms with van der Waals surface area (Å²) in [6.45, 7) is -0.627. The van der Waals surface area contributed by atoms with E-state index in [9.17, 15) is 25.4 Å². The predicted molar refractivity (Wildman–Crippen MR) is 70.5 cm³/mol. The third-order valence-corrected chi connectivity index (χ3v) is 3.23. The van der Waals surface area contributed by atoms with Gasteiger partial charge < -0.3 is 30.5 Å². The summed E-state index contributed by atoms with van der Waals surface area (Å²) in [4.78, 5) is 10.1. The highest BCUT2D eigenvalue weighted by Crippen LogP contribution is 2.26. The standard InChI is InChI=1S/C12H16N2O7/c15-5-8(16)11-9(17)10(18)12(21-11)13-6-2-1-3-7(4-6)14(19)20/h1-4,8-13,15-18H,5H2. The van der Waals surface area contributed by atoms with Gasteiger partial charge in [0.05, 0.1) is 11.5 Å². The van der Waals surface area contributed by atoms with Crippen molar-refractivity contribution in [2.24, 2.45) is 0 Å². The van der Waals surface area contributed by atoms with Crippen LogP contribution in [0, 0.1) is 10.1 Å². The average Bonchev–Trinajstić information content (AvgIpc) is 2.75. The summed E-state index contributed by atoms with van der Waals surface area (Å²) in [5, 5.41) is 51.3. The molecule has 0 saturated carbocycles. The van der Waals surface area contributed by atoms with Crippen molar-refractivity contribution >= 4 is 11.4 Å². The Bertz CT molecular complexity index is 512. The number of nitro benzene ring substituents is 1. The van der Waals surface area contributed by atoms with Gasteiger partial charge in [-0.3, -0.25) is 10.1 Å². The number of rotatable bonds is 5. The summed E-state index contributed by atoms with van der Waals surface area (Å²) in [6.07, 6.45) is -6.29. The van der Waals surface area contributed by atoms with Gasteiger partial charge in [-0.05, 0) is 6.07 Å². The number of non-ortho nitro benzene ring substituents is 1. The summed E-state index contributed by atoms with van der Waals surface area (Å²) < 4.78 is 5.25. The second kappa shape index (κ2) is 6.33. The lowest BCUT2D eigenvalue weighted by atomic mass is 10.1. The molecule has 21 heavy (non-hydrogen) atoms. The molecule has 5 atom stereocenters. The Kier molecular flexibility index (Phi) is 4.70. The van der Waals surface area contributed by atoms with Crippen molar-refractivity contribution in [2.75, 3.05) is 11.9 Å².